The van der Waals surface area contributed by atoms with Gasteiger partial charge in [0.15, 0.2) is 0 Å². The third kappa shape index (κ3) is 3.03. The molecule has 0 heterocycles. The van der Waals surface area contributed by atoms with Gasteiger partial charge < -0.3 is 0 Å². The first-order chi connectivity index (χ1) is 6.55. The summed E-state index contributed by atoms with van der Waals surface area (Å²) < 4.78 is 0. The summed E-state index contributed by atoms with van der Waals surface area (Å²) >= 11 is 0.329. The van der Waals surface area contributed by atoms with Crippen molar-refractivity contribution in [1.82, 2.24) is 0 Å². The third-order valence-corrected chi connectivity index (χ3v) is 5.55. The molecule has 0 aliphatic carbocycles. The Hall–Kier alpha value is -0.484. The number of benzene rings is 1. The zero-order chi connectivity index (χ0) is 10.6. The van der Waals surface area contributed by atoms with Crippen molar-refractivity contribution in [2.45, 2.75) is 25.0 Å². The molecule has 0 amide bonds. The summed E-state index contributed by atoms with van der Waals surface area (Å²) in [5.74, 6) is 0. The fraction of sp³-hybridized carbons (Fsp3) is 0.333. The SMILES string of the molecule is C#C[Se]Cc1ccccc1[Si](C)(C)C. The van der Waals surface area contributed by atoms with Crippen LogP contribution in [-0.4, -0.2) is 23.0 Å². The van der Waals surface area contributed by atoms with Gasteiger partial charge in [-0.05, 0) is 0 Å². The predicted molar refractivity (Wildman–Crippen MR) is 67.7 cm³/mol. The molecule has 0 aromatic heterocycles. The molecule has 0 aliphatic rings. The Labute approximate surface area is 94.3 Å². The Morgan fingerprint density at radius 1 is 1.29 bits per heavy atom. The molecule has 0 atom stereocenters. The van der Waals surface area contributed by atoms with E-state index in [1.807, 2.05) is 0 Å². The van der Waals surface area contributed by atoms with Crippen LogP contribution in [0.4, 0.5) is 0 Å². The van der Waals surface area contributed by atoms with E-state index in [0.29, 0.717) is 15.0 Å². The molecule has 2 heteroatoms. The molecule has 74 valence electrons. The van der Waals surface area contributed by atoms with E-state index < -0.39 is 8.07 Å². The maximum atomic E-state index is 5.32. The van der Waals surface area contributed by atoms with E-state index >= 15 is 0 Å². The first-order valence-electron chi connectivity index (χ1n) is 4.71. The van der Waals surface area contributed by atoms with E-state index in [4.69, 9.17) is 6.42 Å². The van der Waals surface area contributed by atoms with E-state index in [1.54, 1.807) is 5.19 Å². The molecule has 0 bridgehead atoms. The molecule has 1 aromatic carbocycles. The molecule has 0 N–H and O–H groups in total. The van der Waals surface area contributed by atoms with Gasteiger partial charge in [0.25, 0.3) is 0 Å². The fourth-order valence-corrected chi connectivity index (χ4v) is 4.54. The molecule has 0 saturated carbocycles. The van der Waals surface area contributed by atoms with Crippen molar-refractivity contribution in [2.24, 2.45) is 0 Å². The van der Waals surface area contributed by atoms with Gasteiger partial charge in [-0.15, -0.1) is 0 Å². The second kappa shape index (κ2) is 4.84. The third-order valence-electron chi connectivity index (χ3n) is 2.14. The molecular formula is C12H16SeSi. The molecule has 14 heavy (non-hydrogen) atoms. The van der Waals surface area contributed by atoms with E-state index in [2.05, 4.69) is 48.7 Å². The van der Waals surface area contributed by atoms with Crippen LogP contribution in [0.25, 0.3) is 0 Å². The van der Waals surface area contributed by atoms with Crippen LogP contribution in [0.2, 0.25) is 19.6 Å². The van der Waals surface area contributed by atoms with Gasteiger partial charge in [0, 0.05) is 0 Å². The van der Waals surface area contributed by atoms with E-state index in [-0.39, 0.29) is 0 Å². The first-order valence-corrected chi connectivity index (χ1v) is 10.3. The normalized spacial score (nSPS) is 11.0. The average Bonchev–Trinajstić information content (AvgIpc) is 2.14. The van der Waals surface area contributed by atoms with Crippen LogP contribution in [0.3, 0.4) is 0 Å². The van der Waals surface area contributed by atoms with Gasteiger partial charge in [0.05, 0.1) is 0 Å². The van der Waals surface area contributed by atoms with Crippen molar-refractivity contribution in [2.75, 3.05) is 0 Å². The number of terminal acetylenes is 1. The van der Waals surface area contributed by atoms with Crippen LogP contribution in [0.15, 0.2) is 24.3 Å². The molecule has 0 nitrogen and oxygen atoms in total. The number of hydrogen-bond acceptors (Lipinski definition) is 0. The monoisotopic (exact) mass is 268 g/mol. The van der Waals surface area contributed by atoms with E-state index in [0.717, 1.165) is 5.32 Å². The van der Waals surface area contributed by atoms with Gasteiger partial charge >= 0.3 is 94.2 Å². The summed E-state index contributed by atoms with van der Waals surface area (Å²) in [5, 5.41) is 2.65. The van der Waals surface area contributed by atoms with Crippen LogP contribution in [-0.2, 0) is 5.32 Å². The Kier molecular flexibility index (Phi) is 4.01. The Bertz CT molecular complexity index is 344. The molecule has 1 rings (SSSR count). The predicted octanol–water partition coefficient (Wildman–Crippen LogP) is 2.03. The van der Waals surface area contributed by atoms with Gasteiger partial charge in [-0.25, -0.2) is 0 Å². The van der Waals surface area contributed by atoms with Crippen LogP contribution >= 0.6 is 0 Å². The van der Waals surface area contributed by atoms with Gasteiger partial charge in [-0.1, -0.05) is 0 Å². The van der Waals surface area contributed by atoms with Crippen molar-refractivity contribution >= 4 is 28.2 Å². The quantitative estimate of drug-likeness (QED) is 0.580. The summed E-state index contributed by atoms with van der Waals surface area (Å²) in [7, 11) is -1.19. The summed E-state index contributed by atoms with van der Waals surface area (Å²) in [5.41, 5.74) is 1.48. The minimum absolute atomic E-state index is 0.329. The van der Waals surface area contributed by atoms with Crippen molar-refractivity contribution < 1.29 is 0 Å². The van der Waals surface area contributed by atoms with E-state index in [1.165, 1.54) is 5.56 Å². The number of hydrogen-bond donors (Lipinski definition) is 0. The second-order valence-corrected chi connectivity index (χ2v) is 11.1. The zero-order valence-corrected chi connectivity index (χ0v) is 11.7. The van der Waals surface area contributed by atoms with Gasteiger partial charge in [0.1, 0.15) is 0 Å². The van der Waals surface area contributed by atoms with Crippen molar-refractivity contribution in [1.29, 1.82) is 0 Å². The van der Waals surface area contributed by atoms with Gasteiger partial charge in [-0.2, -0.15) is 0 Å². The van der Waals surface area contributed by atoms with Crippen molar-refractivity contribution in [3.8, 4) is 11.2 Å². The van der Waals surface area contributed by atoms with Gasteiger partial charge in [-0.3, -0.25) is 0 Å². The van der Waals surface area contributed by atoms with Crippen molar-refractivity contribution in [3.05, 3.63) is 29.8 Å². The number of rotatable bonds is 3. The standard InChI is InChI=1S/C12H16SeSi/c1-5-13-10-11-8-6-7-9-12(11)14(2,3)4/h1,6-9H,10H2,2-4H3. The van der Waals surface area contributed by atoms with Crippen LogP contribution < -0.4 is 5.19 Å². The molecule has 0 fully saturated rings. The maximum absolute atomic E-state index is 5.32. The molecule has 0 unspecified atom stereocenters. The first kappa shape index (κ1) is 11.6. The summed E-state index contributed by atoms with van der Waals surface area (Å²) in [6, 6.07) is 8.76. The molecule has 1 aromatic rings. The topological polar surface area (TPSA) is 0 Å². The molecule has 0 saturated heterocycles. The average molecular weight is 267 g/mol. The molecular weight excluding hydrogens is 251 g/mol. The Balaban J connectivity index is 2.99. The van der Waals surface area contributed by atoms with E-state index in [9.17, 15) is 0 Å². The molecule has 0 radical (unpaired) electrons. The zero-order valence-electron chi connectivity index (χ0n) is 9.00. The van der Waals surface area contributed by atoms with Gasteiger partial charge in [0.2, 0.25) is 0 Å². The van der Waals surface area contributed by atoms with Crippen LogP contribution in [0, 0.1) is 11.2 Å². The van der Waals surface area contributed by atoms with Crippen LogP contribution in [0.1, 0.15) is 5.56 Å². The van der Waals surface area contributed by atoms with Crippen molar-refractivity contribution in [3.63, 3.8) is 0 Å². The summed E-state index contributed by atoms with van der Waals surface area (Å²) in [6.07, 6.45) is 5.32. The Morgan fingerprint density at radius 2 is 1.93 bits per heavy atom. The molecule has 0 spiro atoms. The Morgan fingerprint density at radius 3 is 2.50 bits per heavy atom. The summed E-state index contributed by atoms with van der Waals surface area (Å²) in [6.45, 7) is 7.15. The molecule has 0 aliphatic heterocycles. The summed E-state index contributed by atoms with van der Waals surface area (Å²) in [4.78, 5) is 2.77. The fourth-order valence-electron chi connectivity index (χ4n) is 1.50. The second-order valence-electron chi connectivity index (χ2n) is 4.31. The minimum atomic E-state index is -1.19. The van der Waals surface area contributed by atoms with Crippen LogP contribution in [0.5, 0.6) is 0 Å².